The third kappa shape index (κ3) is 2.01. The Morgan fingerprint density at radius 3 is 2.60 bits per heavy atom. The average Bonchev–Trinajstić information content (AvgIpc) is 2.18. The Morgan fingerprint density at radius 1 is 1.53 bits per heavy atom. The number of carbonyl (C=O) groups excluding carboxylic acids is 1. The van der Waals surface area contributed by atoms with Crippen molar-refractivity contribution in [2.24, 2.45) is 0 Å². The minimum Gasteiger partial charge on any atom is -0.321 e. The molecule has 80 valence electrons. The minimum atomic E-state index is -1.38. The van der Waals surface area contributed by atoms with E-state index in [-0.39, 0.29) is 6.41 Å². The fourth-order valence-corrected chi connectivity index (χ4v) is 1.07. The van der Waals surface area contributed by atoms with Gasteiger partial charge in [0.2, 0.25) is 6.41 Å². The maximum atomic E-state index is 13.2. The Kier molecular flexibility index (Phi) is 3.15. The van der Waals surface area contributed by atoms with Crippen LogP contribution >= 0.6 is 11.6 Å². The van der Waals surface area contributed by atoms with Gasteiger partial charge in [-0.1, -0.05) is 11.6 Å². The number of hydrogen-bond donors (Lipinski definition) is 1. The van der Waals surface area contributed by atoms with Crippen molar-refractivity contribution in [2.45, 2.75) is 0 Å². The van der Waals surface area contributed by atoms with Crippen molar-refractivity contribution in [3.05, 3.63) is 32.8 Å². The molecule has 0 heterocycles. The van der Waals surface area contributed by atoms with Crippen molar-refractivity contribution in [3.8, 4) is 0 Å². The van der Waals surface area contributed by atoms with E-state index < -0.39 is 33.0 Å². The number of nitro benzene ring substituents is 1. The largest absolute Gasteiger partial charge is 0.321 e. The van der Waals surface area contributed by atoms with Gasteiger partial charge in [0.1, 0.15) is 5.02 Å². The standard InChI is InChI=1S/C7H3ClF2N2O3/c8-5-3(9)1-4(12(14)15)7(6(5)10)11-2-13/h1-2H,(H,11,13). The van der Waals surface area contributed by atoms with E-state index in [0.29, 0.717) is 6.07 Å². The van der Waals surface area contributed by atoms with E-state index >= 15 is 0 Å². The molecule has 0 bridgehead atoms. The Labute approximate surface area is 86.8 Å². The Morgan fingerprint density at radius 2 is 2.13 bits per heavy atom. The lowest BCUT2D eigenvalue weighted by Gasteiger charge is -2.04. The first-order valence-electron chi connectivity index (χ1n) is 3.51. The van der Waals surface area contributed by atoms with Gasteiger partial charge in [-0.25, -0.2) is 8.78 Å². The van der Waals surface area contributed by atoms with E-state index in [1.807, 2.05) is 0 Å². The monoisotopic (exact) mass is 236 g/mol. The quantitative estimate of drug-likeness (QED) is 0.378. The zero-order valence-electron chi connectivity index (χ0n) is 6.96. The number of nitrogens with zero attached hydrogens (tertiary/aromatic N) is 1. The lowest BCUT2D eigenvalue weighted by molar-refractivity contribution is -0.384. The smallest absolute Gasteiger partial charge is 0.298 e. The van der Waals surface area contributed by atoms with Gasteiger partial charge in [0.25, 0.3) is 5.69 Å². The Balaban J connectivity index is 3.49. The summed E-state index contributed by atoms with van der Waals surface area (Å²) in [5.41, 5.74) is -1.66. The zero-order valence-corrected chi connectivity index (χ0v) is 7.72. The fraction of sp³-hybridized carbons (Fsp3) is 0. The van der Waals surface area contributed by atoms with Crippen molar-refractivity contribution in [1.29, 1.82) is 0 Å². The summed E-state index contributed by atoms with van der Waals surface area (Å²) in [7, 11) is 0. The highest BCUT2D eigenvalue weighted by atomic mass is 35.5. The van der Waals surface area contributed by atoms with Crippen molar-refractivity contribution in [3.63, 3.8) is 0 Å². The molecule has 0 aromatic heterocycles. The normalized spacial score (nSPS) is 9.80. The van der Waals surface area contributed by atoms with E-state index in [0.717, 1.165) is 0 Å². The van der Waals surface area contributed by atoms with Gasteiger partial charge in [0, 0.05) is 0 Å². The summed E-state index contributed by atoms with van der Waals surface area (Å²) >= 11 is 5.17. The number of hydrogen-bond acceptors (Lipinski definition) is 3. The molecule has 0 radical (unpaired) electrons. The summed E-state index contributed by atoms with van der Waals surface area (Å²) in [6.45, 7) is 0. The first-order chi connectivity index (χ1) is 6.99. The van der Waals surface area contributed by atoms with Crippen LogP contribution in [0, 0.1) is 21.7 Å². The molecule has 0 aliphatic rings. The van der Waals surface area contributed by atoms with Gasteiger partial charge >= 0.3 is 0 Å². The average molecular weight is 237 g/mol. The van der Waals surface area contributed by atoms with Crippen LogP contribution in [-0.2, 0) is 4.79 Å². The number of halogens is 3. The van der Waals surface area contributed by atoms with Crippen molar-refractivity contribution >= 4 is 29.4 Å². The highest BCUT2D eigenvalue weighted by Crippen LogP contribution is 2.33. The molecule has 1 aromatic rings. The molecule has 0 saturated heterocycles. The maximum Gasteiger partial charge on any atom is 0.298 e. The van der Waals surface area contributed by atoms with Crippen LogP contribution in [0.3, 0.4) is 0 Å². The van der Waals surface area contributed by atoms with Gasteiger partial charge in [0.05, 0.1) is 11.0 Å². The van der Waals surface area contributed by atoms with Crippen LogP contribution in [-0.4, -0.2) is 11.3 Å². The molecule has 0 unspecified atom stereocenters. The van der Waals surface area contributed by atoms with E-state index in [9.17, 15) is 23.7 Å². The van der Waals surface area contributed by atoms with Gasteiger partial charge < -0.3 is 5.32 Å². The molecular formula is C7H3ClF2N2O3. The molecule has 1 amide bonds. The maximum absolute atomic E-state index is 13.2. The Bertz CT molecular complexity index is 439. The predicted octanol–water partition coefficient (Wildman–Crippen LogP) is 2.09. The number of carbonyl (C=O) groups is 1. The van der Waals surface area contributed by atoms with Crippen LogP contribution in [0.25, 0.3) is 0 Å². The molecule has 5 nitrogen and oxygen atoms in total. The zero-order chi connectivity index (χ0) is 11.6. The number of anilines is 1. The lowest BCUT2D eigenvalue weighted by atomic mass is 10.2. The molecule has 0 aliphatic carbocycles. The molecule has 0 saturated carbocycles. The van der Waals surface area contributed by atoms with Crippen LogP contribution < -0.4 is 5.32 Å². The van der Waals surface area contributed by atoms with Crippen molar-refractivity contribution < 1.29 is 18.5 Å². The summed E-state index contributed by atoms with van der Waals surface area (Å²) in [5, 5.41) is 11.2. The summed E-state index contributed by atoms with van der Waals surface area (Å²) in [5.74, 6) is -2.65. The van der Waals surface area contributed by atoms with E-state index in [1.54, 1.807) is 5.32 Å². The SMILES string of the molecule is O=CNc1c([N+](=O)[O-])cc(F)c(Cl)c1F. The van der Waals surface area contributed by atoms with Crippen LogP contribution in [0.4, 0.5) is 20.2 Å². The van der Waals surface area contributed by atoms with Gasteiger partial charge in [-0.2, -0.15) is 0 Å². The molecule has 15 heavy (non-hydrogen) atoms. The molecule has 0 aliphatic heterocycles. The Hall–Kier alpha value is -1.76. The van der Waals surface area contributed by atoms with Gasteiger partial charge in [-0.05, 0) is 0 Å². The second kappa shape index (κ2) is 4.18. The minimum absolute atomic E-state index is 0.0274. The highest BCUT2D eigenvalue weighted by Gasteiger charge is 2.24. The van der Waals surface area contributed by atoms with Gasteiger partial charge in [0.15, 0.2) is 17.3 Å². The number of nitro groups is 1. The molecular weight excluding hydrogens is 234 g/mol. The summed E-state index contributed by atoms with van der Waals surface area (Å²) in [6.07, 6.45) is 0.0274. The molecule has 8 heteroatoms. The summed E-state index contributed by atoms with van der Waals surface area (Å²) < 4.78 is 26.0. The first-order valence-corrected chi connectivity index (χ1v) is 3.89. The van der Waals surface area contributed by atoms with E-state index in [2.05, 4.69) is 0 Å². The second-order valence-corrected chi connectivity index (χ2v) is 2.78. The summed E-state index contributed by atoms with van der Waals surface area (Å²) in [6, 6.07) is 0.428. The molecule has 0 fully saturated rings. The highest BCUT2D eigenvalue weighted by molar-refractivity contribution is 6.31. The topological polar surface area (TPSA) is 72.2 Å². The molecule has 1 aromatic carbocycles. The van der Waals surface area contributed by atoms with Gasteiger partial charge in [-0.15, -0.1) is 0 Å². The number of rotatable bonds is 3. The molecule has 0 spiro atoms. The second-order valence-electron chi connectivity index (χ2n) is 2.40. The van der Waals surface area contributed by atoms with E-state index in [4.69, 9.17) is 11.6 Å². The lowest BCUT2D eigenvalue weighted by Crippen LogP contribution is -2.04. The van der Waals surface area contributed by atoms with Crippen LogP contribution in [0.5, 0.6) is 0 Å². The molecule has 0 atom stereocenters. The number of nitrogens with one attached hydrogen (secondary N) is 1. The van der Waals surface area contributed by atoms with Crippen LogP contribution in [0.1, 0.15) is 0 Å². The van der Waals surface area contributed by atoms with E-state index in [1.165, 1.54) is 0 Å². The van der Waals surface area contributed by atoms with Crippen LogP contribution in [0.15, 0.2) is 6.07 Å². The molecule has 1 N–H and O–H groups in total. The summed E-state index contributed by atoms with van der Waals surface area (Å²) in [4.78, 5) is 19.4. The molecule has 1 rings (SSSR count). The van der Waals surface area contributed by atoms with Crippen molar-refractivity contribution in [1.82, 2.24) is 0 Å². The predicted molar refractivity (Wildman–Crippen MR) is 47.7 cm³/mol. The van der Waals surface area contributed by atoms with Crippen molar-refractivity contribution in [2.75, 3.05) is 5.32 Å². The first kappa shape index (κ1) is 11.3. The number of benzene rings is 1. The van der Waals surface area contributed by atoms with Crippen LogP contribution in [0.2, 0.25) is 5.02 Å². The number of amides is 1. The third-order valence-corrected chi connectivity index (χ3v) is 1.89. The fourth-order valence-electron chi connectivity index (χ4n) is 0.923. The van der Waals surface area contributed by atoms with Gasteiger partial charge in [-0.3, -0.25) is 14.9 Å². The third-order valence-electron chi connectivity index (χ3n) is 1.54.